The molecule has 1 aliphatic rings. The molecule has 1 atom stereocenters. The van der Waals surface area contributed by atoms with Gasteiger partial charge in [0, 0.05) is 31.4 Å². The second-order valence-electron chi connectivity index (χ2n) is 6.69. The second kappa shape index (κ2) is 9.17. The number of amides is 2. The van der Waals surface area contributed by atoms with Crippen LogP contribution in [0, 0.1) is 0 Å². The van der Waals surface area contributed by atoms with Gasteiger partial charge in [0.2, 0.25) is 0 Å². The number of nitrogens with one attached hydrogen (secondary N) is 2. The zero-order valence-corrected chi connectivity index (χ0v) is 15.5. The normalized spacial score (nSPS) is 17.1. The van der Waals surface area contributed by atoms with Gasteiger partial charge in [-0.25, -0.2) is 4.79 Å². The summed E-state index contributed by atoms with van der Waals surface area (Å²) in [7, 11) is 0. The van der Waals surface area contributed by atoms with Gasteiger partial charge in [-0.3, -0.25) is 4.90 Å². The summed E-state index contributed by atoms with van der Waals surface area (Å²) in [5.74, 6) is 0. The predicted octanol–water partition coefficient (Wildman–Crippen LogP) is 2.75. The topological polar surface area (TPSA) is 73.8 Å². The number of aliphatic hydroxyl groups is 1. The maximum atomic E-state index is 12.0. The lowest BCUT2D eigenvalue weighted by Gasteiger charge is -2.32. The van der Waals surface area contributed by atoms with Crippen LogP contribution in [0.2, 0.25) is 0 Å². The summed E-state index contributed by atoms with van der Waals surface area (Å²) in [6.07, 6.45) is 1.22. The van der Waals surface area contributed by atoms with E-state index in [-0.39, 0.29) is 12.6 Å². The first-order chi connectivity index (χ1) is 12.0. The van der Waals surface area contributed by atoms with Crippen molar-refractivity contribution in [3.05, 3.63) is 29.8 Å². The summed E-state index contributed by atoms with van der Waals surface area (Å²) in [5.41, 5.74) is 1.13. The third-order valence-corrected chi connectivity index (χ3v) is 5.14. The smallest absolute Gasteiger partial charge is 0.319 e. The zero-order chi connectivity index (χ0) is 18.3. The first kappa shape index (κ1) is 19.7. The number of urea groups is 1. The van der Waals surface area contributed by atoms with E-state index in [1.807, 2.05) is 38.1 Å². The van der Waals surface area contributed by atoms with E-state index in [2.05, 4.69) is 22.5 Å². The lowest BCUT2D eigenvalue weighted by molar-refractivity contribution is 0.0198. The van der Waals surface area contributed by atoms with E-state index in [9.17, 15) is 9.90 Å². The number of benzene rings is 1. The van der Waals surface area contributed by atoms with E-state index in [0.717, 1.165) is 32.0 Å². The molecule has 2 rings (SSSR count). The third kappa shape index (κ3) is 5.70. The molecule has 2 amide bonds. The molecule has 0 aromatic heterocycles. The van der Waals surface area contributed by atoms with E-state index in [1.54, 1.807) is 0 Å². The van der Waals surface area contributed by atoms with Gasteiger partial charge < -0.3 is 20.5 Å². The predicted molar refractivity (Wildman–Crippen MR) is 99.8 cm³/mol. The highest BCUT2D eigenvalue weighted by Crippen LogP contribution is 2.22. The Hall–Kier alpha value is -1.63. The van der Waals surface area contributed by atoms with Crippen molar-refractivity contribution in [3.8, 4) is 0 Å². The molecule has 1 aromatic rings. The molecule has 1 aliphatic heterocycles. The van der Waals surface area contributed by atoms with Gasteiger partial charge in [-0.2, -0.15) is 0 Å². The number of anilines is 1. The van der Waals surface area contributed by atoms with Crippen molar-refractivity contribution >= 4 is 11.7 Å². The molecule has 0 aliphatic carbocycles. The van der Waals surface area contributed by atoms with Crippen LogP contribution in [0.15, 0.2) is 24.3 Å². The summed E-state index contributed by atoms with van der Waals surface area (Å²) in [4.78, 5) is 14.4. The fraction of sp³-hybridized carbons (Fsp3) is 0.632. The minimum Gasteiger partial charge on any atom is -0.388 e. The summed E-state index contributed by atoms with van der Waals surface area (Å²) in [5, 5.41) is 15.8. The molecule has 1 heterocycles. The van der Waals surface area contributed by atoms with Crippen LogP contribution in [0.3, 0.4) is 0 Å². The molecule has 6 heteroatoms. The lowest BCUT2D eigenvalue weighted by atomic mass is 9.98. The Kier molecular flexibility index (Phi) is 7.23. The third-order valence-electron chi connectivity index (χ3n) is 5.14. The maximum Gasteiger partial charge on any atom is 0.319 e. The van der Waals surface area contributed by atoms with Crippen LogP contribution in [0.4, 0.5) is 10.5 Å². The molecule has 1 saturated heterocycles. The number of ether oxygens (including phenoxy) is 1. The second-order valence-corrected chi connectivity index (χ2v) is 6.69. The van der Waals surface area contributed by atoms with E-state index in [0.29, 0.717) is 18.9 Å². The lowest BCUT2D eigenvalue weighted by Crippen LogP contribution is -2.43. The molecule has 6 nitrogen and oxygen atoms in total. The van der Waals surface area contributed by atoms with Crippen molar-refractivity contribution in [2.24, 2.45) is 0 Å². The zero-order valence-electron chi connectivity index (χ0n) is 15.5. The van der Waals surface area contributed by atoms with E-state index in [4.69, 9.17) is 4.74 Å². The van der Waals surface area contributed by atoms with Crippen molar-refractivity contribution in [1.82, 2.24) is 10.2 Å². The number of rotatable bonds is 7. The van der Waals surface area contributed by atoms with Gasteiger partial charge >= 0.3 is 6.03 Å². The van der Waals surface area contributed by atoms with E-state index < -0.39 is 5.60 Å². The average Bonchev–Trinajstić information content (AvgIpc) is 2.67. The van der Waals surface area contributed by atoms with Crippen molar-refractivity contribution in [2.45, 2.75) is 45.3 Å². The van der Waals surface area contributed by atoms with Crippen LogP contribution in [0.25, 0.3) is 0 Å². The number of nitrogens with zero attached hydrogens (tertiary/aromatic N) is 1. The highest BCUT2D eigenvalue weighted by molar-refractivity contribution is 5.89. The minimum absolute atomic E-state index is 0.248. The SMILES string of the molecule is CCC(O)(CC)CNC(=O)Nc1ccc([C@@H](C)N2CCOCC2)cc1. The van der Waals surface area contributed by atoms with Gasteiger partial charge in [-0.1, -0.05) is 26.0 Å². The molecular weight excluding hydrogens is 318 g/mol. The molecular formula is C19H31N3O3. The van der Waals surface area contributed by atoms with Crippen LogP contribution >= 0.6 is 0 Å². The molecule has 0 radical (unpaired) electrons. The summed E-state index contributed by atoms with van der Waals surface area (Å²) < 4.78 is 5.40. The molecule has 1 aromatic carbocycles. The Morgan fingerprint density at radius 2 is 1.84 bits per heavy atom. The summed E-state index contributed by atoms with van der Waals surface area (Å²) in [6, 6.07) is 7.95. The Morgan fingerprint density at radius 3 is 2.40 bits per heavy atom. The van der Waals surface area contributed by atoms with Crippen LogP contribution in [-0.4, -0.2) is 54.5 Å². The number of carbonyl (C=O) groups is 1. The fourth-order valence-electron chi connectivity index (χ4n) is 2.94. The monoisotopic (exact) mass is 349 g/mol. The largest absolute Gasteiger partial charge is 0.388 e. The van der Waals surface area contributed by atoms with Crippen molar-refractivity contribution in [1.29, 1.82) is 0 Å². The van der Waals surface area contributed by atoms with Crippen molar-refractivity contribution in [2.75, 3.05) is 38.2 Å². The first-order valence-electron chi connectivity index (χ1n) is 9.16. The first-order valence-corrected chi connectivity index (χ1v) is 9.16. The van der Waals surface area contributed by atoms with Crippen LogP contribution < -0.4 is 10.6 Å². The Bertz CT molecular complexity index is 537. The maximum absolute atomic E-state index is 12.0. The van der Waals surface area contributed by atoms with Crippen LogP contribution in [-0.2, 0) is 4.74 Å². The average molecular weight is 349 g/mol. The summed E-state index contributed by atoms with van der Waals surface area (Å²) >= 11 is 0. The highest BCUT2D eigenvalue weighted by Gasteiger charge is 2.23. The number of morpholine rings is 1. The Labute approximate surface area is 150 Å². The Morgan fingerprint density at radius 1 is 1.24 bits per heavy atom. The van der Waals surface area contributed by atoms with Crippen molar-refractivity contribution in [3.63, 3.8) is 0 Å². The Balaban J connectivity index is 1.86. The molecule has 0 unspecified atom stereocenters. The molecule has 25 heavy (non-hydrogen) atoms. The van der Waals surface area contributed by atoms with Gasteiger partial charge in [0.1, 0.15) is 0 Å². The summed E-state index contributed by atoms with van der Waals surface area (Å²) in [6.45, 7) is 9.73. The molecule has 140 valence electrons. The molecule has 1 fully saturated rings. The van der Waals surface area contributed by atoms with E-state index >= 15 is 0 Å². The number of carbonyl (C=O) groups excluding carboxylic acids is 1. The molecule has 0 saturated carbocycles. The van der Waals surface area contributed by atoms with Gasteiger partial charge in [-0.05, 0) is 37.5 Å². The van der Waals surface area contributed by atoms with Gasteiger partial charge in [-0.15, -0.1) is 0 Å². The fourth-order valence-corrected chi connectivity index (χ4v) is 2.94. The minimum atomic E-state index is -0.839. The van der Waals surface area contributed by atoms with Crippen LogP contribution in [0.1, 0.15) is 45.2 Å². The van der Waals surface area contributed by atoms with Gasteiger partial charge in [0.25, 0.3) is 0 Å². The molecule has 3 N–H and O–H groups in total. The van der Waals surface area contributed by atoms with E-state index in [1.165, 1.54) is 5.56 Å². The number of hydrogen-bond donors (Lipinski definition) is 3. The molecule has 0 spiro atoms. The number of hydrogen-bond acceptors (Lipinski definition) is 4. The highest BCUT2D eigenvalue weighted by atomic mass is 16.5. The standard InChI is InChI=1S/C19H31N3O3/c1-4-19(24,5-2)14-20-18(23)21-17-8-6-16(7-9-17)15(3)22-10-12-25-13-11-22/h6-9,15,24H,4-5,10-14H2,1-3H3,(H2,20,21,23)/t15-/m1/s1. The van der Waals surface area contributed by atoms with Gasteiger partial charge in [0.05, 0.1) is 18.8 Å². The quantitative estimate of drug-likeness (QED) is 0.708. The van der Waals surface area contributed by atoms with Gasteiger partial charge in [0.15, 0.2) is 0 Å². The molecule has 0 bridgehead atoms. The van der Waals surface area contributed by atoms with Crippen LogP contribution in [0.5, 0.6) is 0 Å². The van der Waals surface area contributed by atoms with Crippen molar-refractivity contribution < 1.29 is 14.6 Å².